The zero-order chi connectivity index (χ0) is 28.1. The fourth-order valence-corrected chi connectivity index (χ4v) is 6.75. The summed E-state index contributed by atoms with van der Waals surface area (Å²) in [7, 11) is -3.84. The number of nitrogens with one attached hydrogen (secondary N) is 2. The Balaban J connectivity index is 1.27. The fraction of sp³-hybridized carbons (Fsp3) is 0.167. The van der Waals surface area contributed by atoms with Crippen LogP contribution in [0.4, 0.5) is 5.69 Å². The second-order valence-electron chi connectivity index (χ2n) is 10.2. The Hall–Kier alpha value is -4.74. The summed E-state index contributed by atoms with van der Waals surface area (Å²) in [6, 6.07) is 19.4. The van der Waals surface area contributed by atoms with Crippen molar-refractivity contribution in [2.24, 2.45) is 0 Å². The van der Waals surface area contributed by atoms with Crippen molar-refractivity contribution >= 4 is 37.8 Å². The van der Waals surface area contributed by atoms with Gasteiger partial charge in [-0.15, -0.1) is 0 Å². The number of piperidine rings is 1. The molecule has 0 aliphatic carbocycles. The molecule has 5 heterocycles. The summed E-state index contributed by atoms with van der Waals surface area (Å²) in [6.07, 6.45) is 5.88. The van der Waals surface area contributed by atoms with Gasteiger partial charge in [-0.2, -0.15) is 0 Å². The molecule has 0 amide bonds. The number of anilines is 1. The van der Waals surface area contributed by atoms with Crippen molar-refractivity contribution in [3.05, 3.63) is 95.7 Å². The lowest BCUT2D eigenvalue weighted by atomic mass is 10.0. The number of aliphatic hydroxyl groups excluding tert-OH is 1. The number of nitrogens with zero attached hydrogens (tertiary/aromatic N) is 4. The summed E-state index contributed by atoms with van der Waals surface area (Å²) >= 11 is 0. The van der Waals surface area contributed by atoms with Crippen LogP contribution in [0.15, 0.2) is 95.0 Å². The Labute approximate surface area is 235 Å². The SMILES string of the molecule is O=c1[nH]cc(-c2ccnc3c2ccn3S(=O)(=O)c2ccccc2)cc1-c1nc2ccc(N3CCC(O)CC3)cc2[nH]1. The van der Waals surface area contributed by atoms with Crippen LogP contribution in [-0.2, 0) is 10.0 Å². The zero-order valence-corrected chi connectivity index (χ0v) is 22.7. The molecule has 7 rings (SSSR count). The van der Waals surface area contributed by atoms with Gasteiger partial charge in [-0.1, -0.05) is 18.2 Å². The van der Waals surface area contributed by atoms with E-state index in [9.17, 15) is 18.3 Å². The molecule has 1 aliphatic rings. The maximum absolute atomic E-state index is 13.3. The number of benzene rings is 2. The monoisotopic (exact) mass is 566 g/mol. The van der Waals surface area contributed by atoms with Gasteiger partial charge in [-0.3, -0.25) is 4.79 Å². The Morgan fingerprint density at radius 3 is 2.56 bits per heavy atom. The quantitative estimate of drug-likeness (QED) is 0.285. The van der Waals surface area contributed by atoms with Crippen molar-refractivity contribution in [2.45, 2.75) is 23.8 Å². The number of H-pyrrole nitrogens is 2. The van der Waals surface area contributed by atoms with Gasteiger partial charge in [-0.25, -0.2) is 22.4 Å². The average molecular weight is 567 g/mol. The van der Waals surface area contributed by atoms with E-state index >= 15 is 0 Å². The summed E-state index contributed by atoms with van der Waals surface area (Å²) in [6.45, 7) is 1.56. The van der Waals surface area contributed by atoms with E-state index in [4.69, 9.17) is 0 Å². The molecule has 11 heteroatoms. The van der Waals surface area contributed by atoms with Gasteiger partial charge >= 0.3 is 0 Å². The highest BCUT2D eigenvalue weighted by molar-refractivity contribution is 7.90. The molecule has 6 aromatic rings. The first-order valence-electron chi connectivity index (χ1n) is 13.3. The first-order valence-corrected chi connectivity index (χ1v) is 14.8. The lowest BCUT2D eigenvalue weighted by Gasteiger charge is -2.31. The topological polar surface area (TPSA) is 137 Å². The van der Waals surface area contributed by atoms with E-state index in [0.717, 1.165) is 48.2 Å². The Bertz CT molecular complexity index is 2070. The molecule has 1 aliphatic heterocycles. The van der Waals surface area contributed by atoms with Crippen LogP contribution in [-0.4, -0.2) is 56.6 Å². The molecule has 0 radical (unpaired) electrons. The van der Waals surface area contributed by atoms with Gasteiger partial charge in [0.05, 0.1) is 27.6 Å². The van der Waals surface area contributed by atoms with Gasteiger partial charge in [0.15, 0.2) is 5.65 Å². The molecule has 0 spiro atoms. The molecule has 3 N–H and O–H groups in total. The van der Waals surface area contributed by atoms with Crippen LogP contribution in [0.25, 0.3) is 44.6 Å². The van der Waals surface area contributed by atoms with E-state index in [2.05, 4.69) is 24.8 Å². The van der Waals surface area contributed by atoms with Crippen molar-refractivity contribution in [1.29, 1.82) is 0 Å². The van der Waals surface area contributed by atoms with E-state index in [0.29, 0.717) is 28.0 Å². The van der Waals surface area contributed by atoms with Gasteiger partial charge in [-0.05, 0) is 72.5 Å². The van der Waals surface area contributed by atoms with Crippen molar-refractivity contribution in [3.8, 4) is 22.5 Å². The van der Waals surface area contributed by atoms with E-state index in [-0.39, 0.29) is 16.6 Å². The number of fused-ring (bicyclic) bond motifs is 2. The molecule has 0 atom stereocenters. The number of aromatic amines is 2. The standard InChI is InChI=1S/C30H26N6O4S/c37-21-9-13-35(14-10-21)20-6-7-26-27(17-20)34-28(33-26)25-16-19(18-32-30(25)38)23-8-12-31-29-24(23)11-15-36(29)41(39,40)22-4-2-1-3-5-22/h1-8,11-12,15-18,21,37H,9-10,13-14H2,(H,32,38)(H,33,34). The first kappa shape index (κ1) is 25.2. The molecule has 1 saturated heterocycles. The zero-order valence-electron chi connectivity index (χ0n) is 21.9. The lowest BCUT2D eigenvalue weighted by molar-refractivity contribution is 0.145. The minimum Gasteiger partial charge on any atom is -0.393 e. The highest BCUT2D eigenvalue weighted by Gasteiger charge is 2.22. The van der Waals surface area contributed by atoms with Crippen LogP contribution in [0.2, 0.25) is 0 Å². The van der Waals surface area contributed by atoms with Crippen LogP contribution >= 0.6 is 0 Å². The van der Waals surface area contributed by atoms with E-state index in [1.165, 1.54) is 10.2 Å². The van der Waals surface area contributed by atoms with Gasteiger partial charge in [0.1, 0.15) is 5.82 Å². The molecule has 2 aromatic carbocycles. The molecule has 206 valence electrons. The van der Waals surface area contributed by atoms with Gasteiger partial charge in [0, 0.05) is 42.8 Å². The normalized spacial score (nSPS) is 14.7. The summed E-state index contributed by atoms with van der Waals surface area (Å²) in [5, 5.41) is 10.5. The minimum absolute atomic E-state index is 0.168. The predicted octanol–water partition coefficient (Wildman–Crippen LogP) is 4.13. The largest absolute Gasteiger partial charge is 0.393 e. The fourth-order valence-electron chi connectivity index (χ4n) is 5.43. The van der Waals surface area contributed by atoms with Gasteiger partial charge in [0.2, 0.25) is 0 Å². The van der Waals surface area contributed by atoms with Crippen LogP contribution in [0, 0.1) is 0 Å². The Morgan fingerprint density at radius 1 is 0.951 bits per heavy atom. The van der Waals surface area contributed by atoms with Gasteiger partial charge in [0.25, 0.3) is 15.6 Å². The van der Waals surface area contributed by atoms with Gasteiger partial charge < -0.3 is 20.0 Å². The molecule has 0 bridgehead atoms. The van der Waals surface area contributed by atoms with Crippen LogP contribution < -0.4 is 10.5 Å². The molecule has 0 unspecified atom stereocenters. The van der Waals surface area contributed by atoms with Crippen molar-refractivity contribution < 1.29 is 13.5 Å². The van der Waals surface area contributed by atoms with Crippen LogP contribution in [0.1, 0.15) is 12.8 Å². The van der Waals surface area contributed by atoms with Crippen molar-refractivity contribution in [2.75, 3.05) is 18.0 Å². The highest BCUT2D eigenvalue weighted by atomic mass is 32.2. The van der Waals surface area contributed by atoms with E-state index in [1.54, 1.807) is 60.9 Å². The minimum atomic E-state index is -3.84. The van der Waals surface area contributed by atoms with Crippen molar-refractivity contribution in [1.82, 2.24) is 23.9 Å². The molecule has 1 fully saturated rings. The third-order valence-corrected chi connectivity index (χ3v) is 9.30. The maximum Gasteiger partial charge on any atom is 0.269 e. The second kappa shape index (κ2) is 9.72. The number of aromatic nitrogens is 5. The van der Waals surface area contributed by atoms with Crippen LogP contribution in [0.3, 0.4) is 0 Å². The third-order valence-electron chi connectivity index (χ3n) is 7.62. The number of hydrogen-bond acceptors (Lipinski definition) is 7. The Morgan fingerprint density at radius 2 is 1.76 bits per heavy atom. The summed E-state index contributed by atoms with van der Waals surface area (Å²) in [5.74, 6) is 0.434. The van der Waals surface area contributed by atoms with Crippen LogP contribution in [0.5, 0.6) is 0 Å². The number of rotatable bonds is 5. The summed E-state index contributed by atoms with van der Waals surface area (Å²) < 4.78 is 27.8. The number of hydrogen-bond donors (Lipinski definition) is 3. The highest BCUT2D eigenvalue weighted by Crippen LogP contribution is 2.32. The number of imidazole rings is 1. The summed E-state index contributed by atoms with van der Waals surface area (Å²) in [4.78, 5) is 30.5. The second-order valence-corrected chi connectivity index (χ2v) is 12.0. The molecule has 4 aromatic heterocycles. The number of pyridine rings is 2. The molecule has 0 saturated carbocycles. The average Bonchev–Trinajstić information content (AvgIpc) is 3.63. The molecular weight excluding hydrogens is 540 g/mol. The van der Waals surface area contributed by atoms with Crippen molar-refractivity contribution in [3.63, 3.8) is 0 Å². The Kier molecular flexibility index (Phi) is 5.98. The molecule has 10 nitrogen and oxygen atoms in total. The van der Waals surface area contributed by atoms with E-state index in [1.807, 2.05) is 18.2 Å². The maximum atomic E-state index is 13.3. The predicted molar refractivity (Wildman–Crippen MR) is 157 cm³/mol. The molecular formula is C30H26N6O4S. The lowest BCUT2D eigenvalue weighted by Crippen LogP contribution is -2.35. The third kappa shape index (κ3) is 4.39. The smallest absolute Gasteiger partial charge is 0.269 e. The molecule has 41 heavy (non-hydrogen) atoms. The summed E-state index contributed by atoms with van der Waals surface area (Å²) in [5.41, 5.74) is 4.35. The van der Waals surface area contributed by atoms with E-state index < -0.39 is 10.0 Å². The number of aliphatic hydroxyl groups is 1. The first-order chi connectivity index (χ1) is 19.9.